The van der Waals surface area contributed by atoms with Gasteiger partial charge >= 0.3 is 6.36 Å². The monoisotopic (exact) mass is 473 g/mol. The first-order valence-electron chi connectivity index (χ1n) is 10.8. The summed E-state index contributed by atoms with van der Waals surface area (Å²) in [5, 5.41) is 1.08. The highest BCUT2D eigenvalue weighted by Crippen LogP contribution is 2.39. The molecule has 2 aromatic carbocycles. The summed E-state index contributed by atoms with van der Waals surface area (Å²) in [6.07, 6.45) is -4.11. The number of aromatic amines is 1. The van der Waals surface area contributed by atoms with E-state index >= 15 is 0 Å². The lowest BCUT2D eigenvalue weighted by Gasteiger charge is -2.36. The lowest BCUT2D eigenvalue weighted by Crippen LogP contribution is -2.46. The number of halogens is 3. The zero-order chi connectivity index (χ0) is 24.2. The van der Waals surface area contributed by atoms with Crippen molar-refractivity contribution in [1.29, 1.82) is 0 Å². The molecule has 0 bridgehead atoms. The van der Waals surface area contributed by atoms with Gasteiger partial charge in [0, 0.05) is 29.2 Å². The summed E-state index contributed by atoms with van der Waals surface area (Å²) < 4.78 is 46.5. The van der Waals surface area contributed by atoms with E-state index in [9.17, 15) is 22.8 Å². The summed E-state index contributed by atoms with van der Waals surface area (Å²) in [5.74, 6) is -0.427. The molecular formula is C24H22F3N3O4. The van der Waals surface area contributed by atoms with Crippen LogP contribution >= 0.6 is 0 Å². The predicted molar refractivity (Wildman–Crippen MR) is 118 cm³/mol. The summed E-state index contributed by atoms with van der Waals surface area (Å²) in [5.41, 5.74) is 3.37. The molecule has 5 rings (SSSR count). The fourth-order valence-corrected chi connectivity index (χ4v) is 4.97. The van der Waals surface area contributed by atoms with Crippen molar-refractivity contribution in [2.75, 3.05) is 18.6 Å². The van der Waals surface area contributed by atoms with Gasteiger partial charge in [-0.3, -0.25) is 14.5 Å². The van der Waals surface area contributed by atoms with E-state index in [1.54, 1.807) is 7.11 Å². The molecule has 178 valence electrons. The third-order valence-electron chi connectivity index (χ3n) is 6.53. The number of carbonyl (C=O) groups excluding carboxylic acids is 2. The van der Waals surface area contributed by atoms with Crippen LogP contribution in [0.15, 0.2) is 42.5 Å². The number of ether oxygens (including phenoxy) is 2. The number of nitrogens with zero attached hydrogens (tertiary/aromatic N) is 2. The molecular weight excluding hydrogens is 451 g/mol. The number of H-pyrrole nitrogens is 1. The largest absolute Gasteiger partial charge is 0.573 e. The minimum atomic E-state index is -4.82. The maximum atomic E-state index is 13.3. The Kier molecular flexibility index (Phi) is 5.27. The van der Waals surface area contributed by atoms with Crippen molar-refractivity contribution in [3.05, 3.63) is 53.7 Å². The SMILES string of the molecule is COc1ccc2[nH]c3c(c2c1)CCN(C1CC(=O)N(c2ccc(OC(F)(F)F)cc2)C1=O)C3C. The summed E-state index contributed by atoms with van der Waals surface area (Å²) in [4.78, 5) is 32.5. The summed E-state index contributed by atoms with van der Waals surface area (Å²) in [6.45, 7) is 2.59. The summed E-state index contributed by atoms with van der Waals surface area (Å²) >= 11 is 0. The molecule has 1 N–H and O–H groups in total. The standard InChI is InChI=1S/C24H22F3N3O4/c1-13-22-17(18-11-16(33-2)7-8-19(18)28-22)9-10-29(13)20-12-21(31)30(23(20)32)14-3-5-15(6-4-14)34-24(25,26)27/h3-8,11,13,20,28H,9-10,12H2,1-2H3. The minimum absolute atomic E-state index is 0.00730. The van der Waals surface area contributed by atoms with Crippen LogP contribution in [-0.2, 0) is 16.0 Å². The van der Waals surface area contributed by atoms with Crippen LogP contribution in [0.2, 0.25) is 0 Å². The van der Waals surface area contributed by atoms with E-state index in [1.165, 1.54) is 17.7 Å². The molecule has 2 aliphatic heterocycles. The van der Waals surface area contributed by atoms with Crippen molar-refractivity contribution in [3.63, 3.8) is 0 Å². The van der Waals surface area contributed by atoms with Crippen LogP contribution in [0.4, 0.5) is 18.9 Å². The van der Waals surface area contributed by atoms with E-state index in [0.717, 1.165) is 39.4 Å². The molecule has 2 amide bonds. The number of hydrogen-bond donors (Lipinski definition) is 1. The van der Waals surface area contributed by atoms with Crippen molar-refractivity contribution < 1.29 is 32.2 Å². The van der Waals surface area contributed by atoms with Gasteiger partial charge in [-0.1, -0.05) is 0 Å². The van der Waals surface area contributed by atoms with Crippen LogP contribution in [0.5, 0.6) is 11.5 Å². The second-order valence-corrected chi connectivity index (χ2v) is 8.42. The van der Waals surface area contributed by atoms with Gasteiger partial charge in [0.15, 0.2) is 0 Å². The second-order valence-electron chi connectivity index (χ2n) is 8.42. The average molecular weight is 473 g/mol. The van der Waals surface area contributed by atoms with Gasteiger partial charge in [-0.25, -0.2) is 4.90 Å². The molecule has 10 heteroatoms. The number of aromatic nitrogens is 1. The average Bonchev–Trinajstić information content (AvgIpc) is 3.30. The number of methoxy groups -OCH3 is 1. The van der Waals surface area contributed by atoms with Gasteiger partial charge in [0.1, 0.15) is 11.5 Å². The molecule has 1 aromatic heterocycles. The van der Waals surface area contributed by atoms with Crippen LogP contribution in [0.1, 0.15) is 30.6 Å². The Morgan fingerprint density at radius 1 is 1.06 bits per heavy atom. The van der Waals surface area contributed by atoms with Crippen molar-refractivity contribution in [1.82, 2.24) is 9.88 Å². The first-order chi connectivity index (χ1) is 16.2. The van der Waals surface area contributed by atoms with Crippen molar-refractivity contribution in [2.24, 2.45) is 0 Å². The van der Waals surface area contributed by atoms with E-state index in [-0.39, 0.29) is 30.0 Å². The molecule has 1 saturated heterocycles. The lowest BCUT2D eigenvalue weighted by molar-refractivity contribution is -0.274. The van der Waals surface area contributed by atoms with E-state index in [0.29, 0.717) is 13.0 Å². The van der Waals surface area contributed by atoms with Crippen molar-refractivity contribution in [3.8, 4) is 11.5 Å². The Bertz CT molecular complexity index is 1270. The number of imide groups is 1. The topological polar surface area (TPSA) is 74.9 Å². The molecule has 3 heterocycles. The van der Waals surface area contributed by atoms with Gasteiger partial charge in [0.2, 0.25) is 5.91 Å². The number of amides is 2. The number of nitrogens with one attached hydrogen (secondary N) is 1. The van der Waals surface area contributed by atoms with Gasteiger partial charge in [-0.05, 0) is 61.4 Å². The number of alkyl halides is 3. The highest BCUT2D eigenvalue weighted by molar-refractivity contribution is 6.22. The van der Waals surface area contributed by atoms with Crippen LogP contribution in [0.25, 0.3) is 10.9 Å². The summed E-state index contributed by atoms with van der Waals surface area (Å²) in [6, 6.07) is 9.79. The van der Waals surface area contributed by atoms with E-state index < -0.39 is 18.2 Å². The quantitative estimate of drug-likeness (QED) is 0.571. The molecule has 2 unspecified atom stereocenters. The third kappa shape index (κ3) is 3.77. The van der Waals surface area contributed by atoms with E-state index in [2.05, 4.69) is 9.72 Å². The Morgan fingerprint density at radius 2 is 1.76 bits per heavy atom. The maximum absolute atomic E-state index is 13.3. The Labute approximate surface area is 193 Å². The zero-order valence-corrected chi connectivity index (χ0v) is 18.5. The maximum Gasteiger partial charge on any atom is 0.573 e. The number of benzene rings is 2. The van der Waals surface area contributed by atoms with E-state index in [1.807, 2.05) is 30.0 Å². The Hall–Kier alpha value is -3.53. The number of hydrogen-bond acceptors (Lipinski definition) is 5. The van der Waals surface area contributed by atoms with Gasteiger partial charge in [0.25, 0.3) is 5.91 Å². The molecule has 7 nitrogen and oxygen atoms in total. The second kappa shape index (κ2) is 8.05. The minimum Gasteiger partial charge on any atom is -0.497 e. The first kappa shape index (κ1) is 22.3. The Balaban J connectivity index is 1.38. The molecule has 34 heavy (non-hydrogen) atoms. The molecule has 2 atom stereocenters. The van der Waals surface area contributed by atoms with Crippen molar-refractivity contribution >= 4 is 28.4 Å². The van der Waals surface area contributed by atoms with Gasteiger partial charge < -0.3 is 14.5 Å². The van der Waals surface area contributed by atoms with Crippen LogP contribution < -0.4 is 14.4 Å². The smallest absolute Gasteiger partial charge is 0.497 e. The molecule has 0 aliphatic carbocycles. The highest BCUT2D eigenvalue weighted by atomic mass is 19.4. The normalized spacial score (nSPS) is 21.3. The van der Waals surface area contributed by atoms with Crippen LogP contribution in [0.3, 0.4) is 0 Å². The summed E-state index contributed by atoms with van der Waals surface area (Å²) in [7, 11) is 1.62. The third-order valence-corrected chi connectivity index (χ3v) is 6.53. The molecule has 2 aliphatic rings. The lowest BCUT2D eigenvalue weighted by atomic mass is 9.96. The number of anilines is 1. The molecule has 0 radical (unpaired) electrons. The van der Waals surface area contributed by atoms with Crippen LogP contribution in [-0.4, -0.2) is 47.8 Å². The number of rotatable bonds is 4. The van der Waals surface area contributed by atoms with E-state index in [4.69, 9.17) is 4.74 Å². The van der Waals surface area contributed by atoms with Gasteiger partial charge in [0.05, 0.1) is 25.3 Å². The highest BCUT2D eigenvalue weighted by Gasteiger charge is 2.45. The Morgan fingerprint density at radius 3 is 2.44 bits per heavy atom. The van der Waals surface area contributed by atoms with Crippen molar-refractivity contribution in [2.45, 2.75) is 38.2 Å². The number of carbonyl (C=O) groups is 2. The fraction of sp³-hybridized carbons (Fsp3) is 0.333. The molecule has 1 fully saturated rings. The predicted octanol–water partition coefficient (Wildman–Crippen LogP) is 4.33. The fourth-order valence-electron chi connectivity index (χ4n) is 4.97. The molecule has 0 saturated carbocycles. The zero-order valence-electron chi connectivity index (χ0n) is 18.5. The van der Waals surface area contributed by atoms with Crippen LogP contribution in [0, 0.1) is 0 Å². The number of fused-ring (bicyclic) bond motifs is 3. The van der Waals surface area contributed by atoms with Gasteiger partial charge in [-0.15, -0.1) is 13.2 Å². The van der Waals surface area contributed by atoms with Gasteiger partial charge in [-0.2, -0.15) is 0 Å². The molecule has 3 aromatic rings. The first-order valence-corrected chi connectivity index (χ1v) is 10.8. The molecule has 0 spiro atoms.